The van der Waals surface area contributed by atoms with Crippen molar-refractivity contribution in [1.82, 2.24) is 4.98 Å². The van der Waals surface area contributed by atoms with Crippen molar-refractivity contribution >= 4 is 5.78 Å². The molecule has 4 nitrogen and oxygen atoms in total. The van der Waals surface area contributed by atoms with Gasteiger partial charge < -0.3 is 9.72 Å². The van der Waals surface area contributed by atoms with Gasteiger partial charge in [-0.1, -0.05) is 30.3 Å². The van der Waals surface area contributed by atoms with E-state index in [0.29, 0.717) is 28.9 Å². The Morgan fingerprint density at radius 2 is 1.83 bits per heavy atom. The molecule has 0 bridgehead atoms. The number of H-pyrrole nitrogens is 1. The van der Waals surface area contributed by atoms with E-state index in [1.807, 2.05) is 38.1 Å². The standard InChI is InChI=1S/C24H24FNO3/c1-15-13-16(2)26-24(28)20(15)11-12-23(27)18-9-10-21(22(25)14-18)17(3)29-19-7-5-4-6-8-19/h4-10,13-14,17H,11-12H2,1-3H3,(H,26,28)/t17-/m0/s1. The second-order valence-electron chi connectivity index (χ2n) is 7.18. The zero-order valence-corrected chi connectivity index (χ0v) is 16.8. The molecule has 0 saturated carbocycles. The van der Waals surface area contributed by atoms with Gasteiger partial charge >= 0.3 is 0 Å². The van der Waals surface area contributed by atoms with Gasteiger partial charge in [-0.05, 0) is 57.0 Å². The minimum atomic E-state index is -0.490. The molecule has 3 rings (SSSR count). The largest absolute Gasteiger partial charge is 0.486 e. The summed E-state index contributed by atoms with van der Waals surface area (Å²) in [6.45, 7) is 5.43. The van der Waals surface area contributed by atoms with Crippen LogP contribution in [0.15, 0.2) is 59.4 Å². The van der Waals surface area contributed by atoms with E-state index in [0.717, 1.165) is 11.3 Å². The fraction of sp³-hybridized carbons (Fsp3) is 0.250. The van der Waals surface area contributed by atoms with E-state index in [1.165, 1.54) is 6.07 Å². The Hall–Kier alpha value is -3.21. The number of ketones is 1. The molecule has 1 aromatic heterocycles. The SMILES string of the molecule is Cc1cc(C)c(CCC(=O)c2ccc([C@H](C)Oc3ccccc3)c(F)c2)c(=O)[nH]1. The average molecular weight is 393 g/mol. The lowest BCUT2D eigenvalue weighted by Crippen LogP contribution is -2.17. The number of pyridine rings is 1. The molecule has 0 aliphatic rings. The predicted molar refractivity (Wildman–Crippen MR) is 111 cm³/mol. The van der Waals surface area contributed by atoms with Gasteiger partial charge in [0.05, 0.1) is 0 Å². The van der Waals surface area contributed by atoms with Crippen LogP contribution >= 0.6 is 0 Å². The van der Waals surface area contributed by atoms with Gasteiger partial charge in [0.25, 0.3) is 5.56 Å². The fourth-order valence-corrected chi connectivity index (χ4v) is 3.37. The van der Waals surface area contributed by atoms with Gasteiger partial charge in [-0.3, -0.25) is 9.59 Å². The van der Waals surface area contributed by atoms with Crippen molar-refractivity contribution in [2.24, 2.45) is 0 Å². The predicted octanol–water partition coefficient (Wildman–Crippen LogP) is 5.09. The van der Waals surface area contributed by atoms with E-state index in [4.69, 9.17) is 4.74 Å². The minimum Gasteiger partial charge on any atom is -0.486 e. The number of aromatic amines is 1. The maximum absolute atomic E-state index is 14.6. The molecule has 29 heavy (non-hydrogen) atoms. The average Bonchev–Trinajstić information content (AvgIpc) is 2.67. The Morgan fingerprint density at radius 3 is 2.48 bits per heavy atom. The molecule has 1 N–H and O–H groups in total. The van der Waals surface area contributed by atoms with Gasteiger partial charge in [0, 0.05) is 28.8 Å². The monoisotopic (exact) mass is 393 g/mol. The summed E-state index contributed by atoms with van der Waals surface area (Å²) >= 11 is 0. The van der Waals surface area contributed by atoms with Crippen LogP contribution in [0.3, 0.4) is 0 Å². The molecule has 0 radical (unpaired) electrons. The molecule has 0 amide bonds. The highest BCUT2D eigenvalue weighted by Crippen LogP contribution is 2.24. The first-order chi connectivity index (χ1) is 13.8. The third-order valence-corrected chi connectivity index (χ3v) is 4.91. The van der Waals surface area contributed by atoms with Crippen LogP contribution in [0.4, 0.5) is 4.39 Å². The van der Waals surface area contributed by atoms with Gasteiger partial charge in [0.2, 0.25) is 0 Å². The van der Waals surface area contributed by atoms with Gasteiger partial charge in [-0.2, -0.15) is 0 Å². The number of aromatic nitrogens is 1. The summed E-state index contributed by atoms with van der Waals surface area (Å²) in [5.41, 5.74) is 2.73. The molecule has 0 spiro atoms. The number of benzene rings is 2. The molecule has 1 atom stereocenters. The highest BCUT2D eigenvalue weighted by Gasteiger charge is 2.16. The number of carbonyl (C=O) groups excluding carboxylic acids is 1. The summed E-state index contributed by atoms with van der Waals surface area (Å²) < 4.78 is 20.4. The van der Waals surface area contributed by atoms with Crippen LogP contribution in [0.5, 0.6) is 5.75 Å². The number of aryl methyl sites for hydroxylation is 2. The summed E-state index contributed by atoms with van der Waals surface area (Å²) in [6.07, 6.45) is -0.0331. The number of nitrogens with one attached hydrogen (secondary N) is 1. The molecule has 0 aliphatic heterocycles. The van der Waals surface area contributed by atoms with Crippen molar-refractivity contribution in [2.75, 3.05) is 0 Å². The van der Waals surface area contributed by atoms with Crippen molar-refractivity contribution in [3.8, 4) is 5.75 Å². The van der Waals surface area contributed by atoms with Crippen LogP contribution in [0.2, 0.25) is 0 Å². The third-order valence-electron chi connectivity index (χ3n) is 4.91. The van der Waals surface area contributed by atoms with Gasteiger partial charge in [0.15, 0.2) is 5.78 Å². The number of Topliss-reactive ketones (excluding diaryl/α,β-unsaturated/α-hetero) is 1. The van der Waals surface area contributed by atoms with E-state index >= 15 is 0 Å². The second-order valence-corrected chi connectivity index (χ2v) is 7.18. The van der Waals surface area contributed by atoms with E-state index in [1.54, 1.807) is 31.2 Å². The molecule has 2 aromatic carbocycles. The molecular weight excluding hydrogens is 369 g/mol. The quantitative estimate of drug-likeness (QED) is 0.569. The highest BCUT2D eigenvalue weighted by atomic mass is 19.1. The highest BCUT2D eigenvalue weighted by molar-refractivity contribution is 5.96. The molecule has 5 heteroatoms. The Morgan fingerprint density at radius 1 is 1.10 bits per heavy atom. The van der Waals surface area contributed by atoms with E-state index in [2.05, 4.69) is 4.98 Å². The van der Waals surface area contributed by atoms with Crippen molar-refractivity contribution < 1.29 is 13.9 Å². The van der Waals surface area contributed by atoms with Crippen molar-refractivity contribution in [3.63, 3.8) is 0 Å². The Bertz CT molecular complexity index is 1070. The van der Waals surface area contributed by atoms with Crippen molar-refractivity contribution in [3.05, 3.63) is 98.7 Å². The molecular formula is C24H24FNO3. The zero-order valence-electron chi connectivity index (χ0n) is 16.8. The van der Waals surface area contributed by atoms with Crippen LogP contribution < -0.4 is 10.3 Å². The number of para-hydroxylation sites is 1. The first-order valence-corrected chi connectivity index (χ1v) is 9.59. The summed E-state index contributed by atoms with van der Waals surface area (Å²) in [5.74, 6) is -0.0339. The number of hydrogen-bond acceptors (Lipinski definition) is 3. The molecule has 3 aromatic rings. The third kappa shape index (κ3) is 4.99. The maximum atomic E-state index is 14.6. The molecule has 0 unspecified atom stereocenters. The molecule has 150 valence electrons. The molecule has 0 saturated heterocycles. The number of rotatable bonds is 7. The van der Waals surface area contributed by atoms with Crippen LogP contribution in [0, 0.1) is 19.7 Å². The summed E-state index contributed by atoms with van der Waals surface area (Å²) in [4.78, 5) is 27.4. The smallest absolute Gasteiger partial charge is 0.251 e. The Balaban J connectivity index is 1.69. The zero-order chi connectivity index (χ0) is 21.0. The Kier molecular flexibility index (Phi) is 6.27. The summed E-state index contributed by atoms with van der Waals surface area (Å²) in [6, 6.07) is 15.5. The molecule has 1 heterocycles. The lowest BCUT2D eigenvalue weighted by atomic mass is 9.99. The lowest BCUT2D eigenvalue weighted by Gasteiger charge is -2.16. The number of ether oxygens (including phenoxy) is 1. The van der Waals surface area contributed by atoms with E-state index in [-0.39, 0.29) is 17.8 Å². The van der Waals surface area contributed by atoms with Crippen molar-refractivity contribution in [1.29, 1.82) is 0 Å². The van der Waals surface area contributed by atoms with Gasteiger partial charge in [-0.15, -0.1) is 0 Å². The lowest BCUT2D eigenvalue weighted by molar-refractivity contribution is 0.0982. The van der Waals surface area contributed by atoms with E-state index in [9.17, 15) is 14.0 Å². The first-order valence-electron chi connectivity index (χ1n) is 9.59. The van der Waals surface area contributed by atoms with Crippen LogP contribution in [-0.4, -0.2) is 10.8 Å². The van der Waals surface area contributed by atoms with Crippen LogP contribution in [0.25, 0.3) is 0 Å². The molecule has 0 fully saturated rings. The number of hydrogen-bond donors (Lipinski definition) is 1. The van der Waals surface area contributed by atoms with Crippen molar-refractivity contribution in [2.45, 2.75) is 39.7 Å². The normalized spacial score (nSPS) is 11.9. The summed E-state index contributed by atoms with van der Waals surface area (Å²) in [5, 5.41) is 0. The second kappa shape index (κ2) is 8.86. The van der Waals surface area contributed by atoms with Crippen LogP contribution in [-0.2, 0) is 6.42 Å². The first kappa shape index (κ1) is 20.5. The topological polar surface area (TPSA) is 59.2 Å². The fourth-order valence-electron chi connectivity index (χ4n) is 3.37. The molecule has 0 aliphatic carbocycles. The van der Waals surface area contributed by atoms with E-state index < -0.39 is 11.9 Å². The Labute approximate surface area is 169 Å². The van der Waals surface area contributed by atoms with Gasteiger partial charge in [0.1, 0.15) is 17.7 Å². The number of carbonyl (C=O) groups is 1. The summed E-state index contributed by atoms with van der Waals surface area (Å²) in [7, 11) is 0. The minimum absolute atomic E-state index is 0.141. The van der Waals surface area contributed by atoms with Crippen LogP contribution in [0.1, 0.15) is 52.2 Å². The van der Waals surface area contributed by atoms with Gasteiger partial charge in [-0.25, -0.2) is 4.39 Å². The number of halogens is 1. The maximum Gasteiger partial charge on any atom is 0.251 e.